The number of rotatable bonds is 7. The van der Waals surface area contributed by atoms with Gasteiger partial charge in [-0.05, 0) is 35.7 Å². The summed E-state index contributed by atoms with van der Waals surface area (Å²) >= 11 is 5.79. The molecule has 0 bridgehead atoms. The zero-order valence-corrected chi connectivity index (χ0v) is 19.2. The lowest BCUT2D eigenvalue weighted by Gasteiger charge is -2.27. The van der Waals surface area contributed by atoms with Gasteiger partial charge in [-0.3, -0.25) is 0 Å². The fourth-order valence-corrected chi connectivity index (χ4v) is 4.93. The molecule has 2 aromatic heterocycles. The van der Waals surface area contributed by atoms with Gasteiger partial charge in [0.2, 0.25) is 5.13 Å². The van der Waals surface area contributed by atoms with E-state index in [9.17, 15) is 4.79 Å². The summed E-state index contributed by atoms with van der Waals surface area (Å²) < 4.78 is 4.42. The van der Waals surface area contributed by atoms with Crippen molar-refractivity contribution < 1.29 is 4.79 Å². The maximum Gasteiger partial charge on any atom is 0.338 e. The molecule has 0 saturated carbocycles. The quantitative estimate of drug-likeness (QED) is 0.320. The first-order valence-corrected chi connectivity index (χ1v) is 11.5. The molecule has 0 radical (unpaired) electrons. The number of thiol groups is 1. The smallest absolute Gasteiger partial charge is 0.330 e. The summed E-state index contributed by atoms with van der Waals surface area (Å²) in [7, 11) is 0. The summed E-state index contributed by atoms with van der Waals surface area (Å²) in [5.41, 5.74) is 2.76. The lowest BCUT2D eigenvalue weighted by atomic mass is 9.88. The van der Waals surface area contributed by atoms with Crippen LogP contribution in [0.25, 0.3) is 10.2 Å². The van der Waals surface area contributed by atoms with Crippen LogP contribution in [0.2, 0.25) is 0 Å². The summed E-state index contributed by atoms with van der Waals surface area (Å²) in [6, 6.07) is 15.6. The van der Waals surface area contributed by atoms with Gasteiger partial charge < -0.3 is 9.88 Å². The van der Waals surface area contributed by atoms with Crippen LogP contribution in [0.3, 0.4) is 0 Å². The number of carbonyl (C=O) groups is 1. The van der Waals surface area contributed by atoms with E-state index in [1.165, 1.54) is 21.2 Å². The standard InChI is InChI=1S/C23H25N5OS2/c1-3-16(4-2)21(27-14-13-24-15-27)17-9-11-18(12-10-17)25-22(29)28(30)23-26-19-7-5-6-8-20(19)31-23/h5-16,21,30H,3-4H2,1-2H3,(H,25,29). The fraction of sp³-hybridized carbons (Fsp3) is 0.261. The van der Waals surface area contributed by atoms with Gasteiger partial charge in [0.25, 0.3) is 0 Å². The molecule has 1 atom stereocenters. The lowest BCUT2D eigenvalue weighted by molar-refractivity contribution is 0.260. The van der Waals surface area contributed by atoms with E-state index in [2.05, 4.69) is 58.6 Å². The van der Waals surface area contributed by atoms with Crippen LogP contribution in [-0.4, -0.2) is 20.6 Å². The van der Waals surface area contributed by atoms with Gasteiger partial charge in [-0.1, -0.05) is 75.1 Å². The van der Waals surface area contributed by atoms with Crippen molar-refractivity contribution >= 4 is 51.2 Å². The van der Waals surface area contributed by atoms with Crippen molar-refractivity contribution in [2.75, 3.05) is 9.62 Å². The van der Waals surface area contributed by atoms with Gasteiger partial charge in [-0.25, -0.2) is 19.1 Å². The minimum absolute atomic E-state index is 0.214. The fourth-order valence-electron chi connectivity index (χ4n) is 3.83. The maximum absolute atomic E-state index is 12.7. The normalized spacial score (nSPS) is 12.3. The number of thiazole rings is 1. The molecular weight excluding hydrogens is 426 g/mol. The molecule has 4 aromatic rings. The van der Waals surface area contributed by atoms with E-state index in [1.807, 2.05) is 55.1 Å². The Labute approximate surface area is 191 Å². The lowest BCUT2D eigenvalue weighted by Crippen LogP contribution is -2.26. The van der Waals surface area contributed by atoms with Gasteiger partial charge in [0.15, 0.2) is 0 Å². The minimum atomic E-state index is -0.346. The Bertz CT molecular complexity index is 1100. The molecule has 0 fully saturated rings. The number of para-hydroxylation sites is 1. The highest BCUT2D eigenvalue weighted by atomic mass is 32.1. The van der Waals surface area contributed by atoms with Crippen molar-refractivity contribution in [3.63, 3.8) is 0 Å². The number of benzene rings is 2. The summed E-state index contributed by atoms with van der Waals surface area (Å²) in [6.07, 6.45) is 7.85. The summed E-state index contributed by atoms with van der Waals surface area (Å²) in [6.45, 7) is 4.44. The van der Waals surface area contributed by atoms with Crippen LogP contribution < -0.4 is 9.62 Å². The Morgan fingerprint density at radius 2 is 1.90 bits per heavy atom. The highest BCUT2D eigenvalue weighted by Gasteiger charge is 2.22. The van der Waals surface area contributed by atoms with E-state index in [0.29, 0.717) is 16.7 Å². The van der Waals surface area contributed by atoms with E-state index >= 15 is 0 Å². The summed E-state index contributed by atoms with van der Waals surface area (Å²) in [4.78, 5) is 21.4. The number of carbonyl (C=O) groups excluding carboxylic acids is 1. The Morgan fingerprint density at radius 3 is 2.55 bits per heavy atom. The highest BCUT2D eigenvalue weighted by molar-refractivity contribution is 7.83. The number of hydrogen-bond acceptors (Lipinski definition) is 5. The molecule has 1 unspecified atom stereocenters. The van der Waals surface area contributed by atoms with Gasteiger partial charge in [-0.15, -0.1) is 0 Å². The molecule has 0 saturated heterocycles. The van der Waals surface area contributed by atoms with Crippen LogP contribution in [0.1, 0.15) is 38.3 Å². The van der Waals surface area contributed by atoms with Crippen molar-refractivity contribution in [1.82, 2.24) is 14.5 Å². The number of anilines is 2. The van der Waals surface area contributed by atoms with Crippen LogP contribution in [-0.2, 0) is 0 Å². The summed E-state index contributed by atoms with van der Waals surface area (Å²) in [5, 5.41) is 3.44. The van der Waals surface area contributed by atoms with Crippen molar-refractivity contribution in [1.29, 1.82) is 0 Å². The molecule has 0 aliphatic carbocycles. The average molecular weight is 452 g/mol. The summed E-state index contributed by atoms with van der Waals surface area (Å²) in [5.74, 6) is 0.501. The first-order valence-electron chi connectivity index (χ1n) is 10.3. The van der Waals surface area contributed by atoms with E-state index in [0.717, 1.165) is 23.1 Å². The molecule has 31 heavy (non-hydrogen) atoms. The molecular formula is C23H25N5OS2. The zero-order valence-electron chi connectivity index (χ0n) is 17.5. The molecule has 0 spiro atoms. The van der Waals surface area contributed by atoms with Crippen LogP contribution in [0.4, 0.5) is 15.6 Å². The molecule has 160 valence electrons. The number of amides is 2. The van der Waals surface area contributed by atoms with Gasteiger partial charge in [-0.2, -0.15) is 0 Å². The number of imidazole rings is 1. The van der Waals surface area contributed by atoms with Crippen LogP contribution in [0.5, 0.6) is 0 Å². The second-order valence-electron chi connectivity index (χ2n) is 7.36. The number of hydrogen-bond donors (Lipinski definition) is 2. The zero-order chi connectivity index (χ0) is 21.8. The Balaban J connectivity index is 1.50. The van der Waals surface area contributed by atoms with E-state index in [1.54, 1.807) is 0 Å². The van der Waals surface area contributed by atoms with Crippen LogP contribution in [0, 0.1) is 5.92 Å². The second-order valence-corrected chi connectivity index (χ2v) is 8.77. The maximum atomic E-state index is 12.7. The number of aromatic nitrogens is 3. The highest BCUT2D eigenvalue weighted by Crippen LogP contribution is 2.33. The number of urea groups is 1. The van der Waals surface area contributed by atoms with Gasteiger partial charge >= 0.3 is 6.03 Å². The molecule has 6 nitrogen and oxygen atoms in total. The van der Waals surface area contributed by atoms with Crippen molar-refractivity contribution in [3.8, 4) is 0 Å². The SMILES string of the molecule is CCC(CC)C(c1ccc(NC(=O)N(S)c2nc3ccccc3s2)cc1)n1ccnc1. The molecule has 0 aliphatic rings. The predicted octanol–water partition coefficient (Wildman–Crippen LogP) is 6.40. The molecule has 2 heterocycles. The van der Waals surface area contributed by atoms with E-state index < -0.39 is 0 Å². The topological polar surface area (TPSA) is 63.1 Å². The Morgan fingerprint density at radius 1 is 1.16 bits per heavy atom. The van der Waals surface area contributed by atoms with E-state index in [4.69, 9.17) is 0 Å². The van der Waals surface area contributed by atoms with Crippen LogP contribution in [0.15, 0.2) is 67.3 Å². The Hall–Kier alpha value is -2.84. The number of nitrogens with one attached hydrogen (secondary N) is 1. The third kappa shape index (κ3) is 4.60. The average Bonchev–Trinajstić information content (AvgIpc) is 3.47. The molecule has 8 heteroatoms. The largest absolute Gasteiger partial charge is 0.338 e. The van der Waals surface area contributed by atoms with Gasteiger partial charge in [0.05, 0.1) is 22.6 Å². The molecule has 4 rings (SSSR count). The minimum Gasteiger partial charge on any atom is -0.330 e. The van der Waals surface area contributed by atoms with Crippen LogP contribution >= 0.6 is 24.2 Å². The molecule has 2 amide bonds. The van der Waals surface area contributed by atoms with Crippen molar-refractivity contribution in [2.24, 2.45) is 5.92 Å². The molecule has 1 N–H and O–H groups in total. The monoisotopic (exact) mass is 451 g/mol. The van der Waals surface area contributed by atoms with Crippen molar-refractivity contribution in [2.45, 2.75) is 32.7 Å². The number of nitrogens with zero attached hydrogens (tertiary/aromatic N) is 4. The first kappa shape index (κ1) is 21.4. The predicted molar refractivity (Wildman–Crippen MR) is 131 cm³/mol. The van der Waals surface area contributed by atoms with E-state index in [-0.39, 0.29) is 12.1 Å². The molecule has 0 aliphatic heterocycles. The molecule has 2 aromatic carbocycles. The number of fused-ring (bicyclic) bond motifs is 1. The van der Waals surface area contributed by atoms with Crippen molar-refractivity contribution in [3.05, 3.63) is 72.8 Å². The first-order chi connectivity index (χ1) is 15.1. The second kappa shape index (κ2) is 9.53. The van der Waals surface area contributed by atoms with Gasteiger partial charge in [0.1, 0.15) is 0 Å². The van der Waals surface area contributed by atoms with Gasteiger partial charge in [0, 0.05) is 18.1 Å². The Kier molecular flexibility index (Phi) is 6.58. The third-order valence-corrected chi connectivity index (χ3v) is 7.03. The third-order valence-electron chi connectivity index (χ3n) is 5.50.